The number of aryl methyl sites for hydroxylation is 2. The van der Waals surface area contributed by atoms with Crippen LogP contribution in [-0.4, -0.2) is 14.8 Å². The summed E-state index contributed by atoms with van der Waals surface area (Å²) < 4.78 is 2.53. The Labute approximate surface area is 93.8 Å². The van der Waals surface area contributed by atoms with Crippen LogP contribution >= 0.6 is 12.2 Å². The number of aromatic amines is 1. The molecule has 0 aliphatic carbocycles. The summed E-state index contributed by atoms with van der Waals surface area (Å²) in [6.07, 6.45) is 0. The number of hydrogen-bond acceptors (Lipinski definition) is 2. The second-order valence-corrected chi connectivity index (χ2v) is 4.12. The van der Waals surface area contributed by atoms with E-state index < -0.39 is 0 Å². The van der Waals surface area contributed by atoms with Crippen molar-refractivity contribution in [2.75, 3.05) is 0 Å². The smallest absolute Gasteiger partial charge is 0.195 e. The highest BCUT2D eigenvalue weighted by molar-refractivity contribution is 7.71. The fraction of sp³-hybridized carbons (Fsp3) is 0.273. The van der Waals surface area contributed by atoms with Crippen molar-refractivity contribution >= 4 is 12.2 Å². The van der Waals surface area contributed by atoms with Gasteiger partial charge in [0.1, 0.15) is 0 Å². The average molecular weight is 219 g/mol. The van der Waals surface area contributed by atoms with Crippen molar-refractivity contribution < 1.29 is 0 Å². The summed E-state index contributed by atoms with van der Waals surface area (Å²) >= 11 is 5.09. The molecule has 0 bridgehead atoms. The molecule has 15 heavy (non-hydrogen) atoms. The second kappa shape index (κ2) is 3.62. The Morgan fingerprint density at radius 1 is 1.33 bits per heavy atom. The molecule has 2 aromatic rings. The van der Waals surface area contributed by atoms with Gasteiger partial charge in [0.2, 0.25) is 0 Å². The third-order valence-electron chi connectivity index (χ3n) is 2.50. The summed E-state index contributed by atoms with van der Waals surface area (Å²) in [5.74, 6) is 0.887. The van der Waals surface area contributed by atoms with Gasteiger partial charge < -0.3 is 4.57 Å². The first-order valence-corrected chi connectivity index (χ1v) is 5.19. The van der Waals surface area contributed by atoms with Gasteiger partial charge in [-0.1, -0.05) is 23.8 Å². The molecule has 0 amide bonds. The van der Waals surface area contributed by atoms with Crippen LogP contribution in [0, 0.1) is 18.6 Å². The van der Waals surface area contributed by atoms with Crippen molar-refractivity contribution in [3.63, 3.8) is 0 Å². The Morgan fingerprint density at radius 3 is 2.60 bits per heavy atom. The van der Waals surface area contributed by atoms with Crippen molar-refractivity contribution in [2.24, 2.45) is 7.05 Å². The highest BCUT2D eigenvalue weighted by Crippen LogP contribution is 2.21. The molecule has 4 heteroatoms. The Kier molecular flexibility index (Phi) is 2.44. The maximum absolute atomic E-state index is 5.09. The minimum absolute atomic E-state index is 0.643. The molecule has 2 rings (SSSR count). The quantitative estimate of drug-likeness (QED) is 0.748. The van der Waals surface area contributed by atoms with Gasteiger partial charge in [-0.2, -0.15) is 5.10 Å². The number of nitrogens with one attached hydrogen (secondary N) is 1. The molecule has 1 heterocycles. The summed E-state index contributed by atoms with van der Waals surface area (Å²) in [5, 5.41) is 7.01. The molecule has 78 valence electrons. The molecule has 0 aliphatic rings. The Bertz CT molecular complexity index is 551. The molecule has 1 aromatic carbocycles. The van der Waals surface area contributed by atoms with E-state index >= 15 is 0 Å². The van der Waals surface area contributed by atoms with E-state index in [-0.39, 0.29) is 0 Å². The van der Waals surface area contributed by atoms with E-state index in [0.29, 0.717) is 4.77 Å². The average Bonchev–Trinajstić information content (AvgIpc) is 2.49. The third kappa shape index (κ3) is 1.72. The van der Waals surface area contributed by atoms with Gasteiger partial charge in [0.15, 0.2) is 10.6 Å². The van der Waals surface area contributed by atoms with Gasteiger partial charge in [0, 0.05) is 12.6 Å². The van der Waals surface area contributed by atoms with Gasteiger partial charge in [-0.25, -0.2) is 0 Å². The van der Waals surface area contributed by atoms with Crippen LogP contribution < -0.4 is 0 Å². The first-order valence-electron chi connectivity index (χ1n) is 4.78. The lowest BCUT2D eigenvalue weighted by molar-refractivity contribution is 0.901. The summed E-state index contributed by atoms with van der Waals surface area (Å²) in [5.41, 5.74) is 3.59. The predicted octanol–water partition coefficient (Wildman–Crippen LogP) is 2.76. The Morgan fingerprint density at radius 2 is 2.07 bits per heavy atom. The number of nitrogens with zero attached hydrogens (tertiary/aromatic N) is 2. The Balaban J connectivity index is 2.64. The van der Waals surface area contributed by atoms with Crippen LogP contribution in [0.5, 0.6) is 0 Å². The normalized spacial score (nSPS) is 10.6. The van der Waals surface area contributed by atoms with Crippen molar-refractivity contribution in [3.05, 3.63) is 34.1 Å². The molecular weight excluding hydrogens is 206 g/mol. The topological polar surface area (TPSA) is 33.6 Å². The van der Waals surface area contributed by atoms with Crippen LogP contribution in [0.25, 0.3) is 11.4 Å². The first kappa shape index (κ1) is 10.1. The zero-order chi connectivity index (χ0) is 11.0. The molecule has 0 saturated carbocycles. The molecule has 0 fully saturated rings. The summed E-state index contributed by atoms with van der Waals surface area (Å²) in [4.78, 5) is 0. The van der Waals surface area contributed by atoms with Crippen LogP contribution in [0.15, 0.2) is 18.2 Å². The maximum Gasteiger partial charge on any atom is 0.195 e. The highest BCUT2D eigenvalue weighted by Gasteiger charge is 2.07. The number of H-pyrrole nitrogens is 1. The van der Waals surface area contributed by atoms with E-state index in [2.05, 4.69) is 42.2 Å². The van der Waals surface area contributed by atoms with E-state index in [1.165, 1.54) is 11.1 Å². The molecule has 0 atom stereocenters. The van der Waals surface area contributed by atoms with Crippen molar-refractivity contribution in [1.29, 1.82) is 0 Å². The molecule has 0 spiro atoms. The molecule has 0 unspecified atom stereocenters. The van der Waals surface area contributed by atoms with Gasteiger partial charge >= 0.3 is 0 Å². The minimum atomic E-state index is 0.643. The number of hydrogen-bond donors (Lipinski definition) is 1. The fourth-order valence-electron chi connectivity index (χ4n) is 1.65. The summed E-state index contributed by atoms with van der Waals surface area (Å²) in [7, 11) is 1.92. The van der Waals surface area contributed by atoms with Crippen LogP contribution in [-0.2, 0) is 7.05 Å². The van der Waals surface area contributed by atoms with E-state index in [4.69, 9.17) is 12.2 Å². The summed E-state index contributed by atoms with van der Waals surface area (Å²) in [6, 6.07) is 6.31. The van der Waals surface area contributed by atoms with Gasteiger partial charge in [-0.15, -0.1) is 0 Å². The van der Waals surface area contributed by atoms with Crippen LogP contribution in [0.1, 0.15) is 11.1 Å². The maximum atomic E-state index is 5.09. The lowest BCUT2D eigenvalue weighted by atomic mass is 10.1. The van der Waals surface area contributed by atoms with Crippen molar-refractivity contribution in [1.82, 2.24) is 14.8 Å². The van der Waals surface area contributed by atoms with Gasteiger partial charge in [-0.3, -0.25) is 5.10 Å². The van der Waals surface area contributed by atoms with Crippen molar-refractivity contribution in [2.45, 2.75) is 13.8 Å². The molecule has 3 nitrogen and oxygen atoms in total. The number of benzene rings is 1. The van der Waals surface area contributed by atoms with Crippen LogP contribution in [0.2, 0.25) is 0 Å². The van der Waals surface area contributed by atoms with Crippen LogP contribution in [0.3, 0.4) is 0 Å². The molecule has 1 aromatic heterocycles. The highest BCUT2D eigenvalue weighted by atomic mass is 32.1. The minimum Gasteiger partial charge on any atom is -0.303 e. The fourth-order valence-corrected chi connectivity index (χ4v) is 1.78. The largest absolute Gasteiger partial charge is 0.303 e. The zero-order valence-corrected chi connectivity index (χ0v) is 9.85. The van der Waals surface area contributed by atoms with E-state index in [1.54, 1.807) is 0 Å². The zero-order valence-electron chi connectivity index (χ0n) is 9.03. The molecule has 1 N–H and O–H groups in total. The van der Waals surface area contributed by atoms with Gasteiger partial charge in [-0.05, 0) is 31.6 Å². The lowest BCUT2D eigenvalue weighted by Crippen LogP contribution is -1.94. The SMILES string of the molecule is Cc1ccc(-c2n[nH]c(=S)n2C)c(C)c1. The predicted molar refractivity (Wildman–Crippen MR) is 63.3 cm³/mol. The summed E-state index contributed by atoms with van der Waals surface area (Å²) in [6.45, 7) is 4.17. The third-order valence-corrected chi connectivity index (χ3v) is 2.87. The standard InChI is InChI=1S/C11H13N3S/c1-7-4-5-9(8(2)6-7)10-12-13-11(15)14(10)3/h4-6H,1-3H3,(H,13,15). The molecular formula is C11H13N3S. The Hall–Kier alpha value is -1.42. The van der Waals surface area contributed by atoms with Gasteiger partial charge in [0.05, 0.1) is 0 Å². The number of aromatic nitrogens is 3. The second-order valence-electron chi connectivity index (χ2n) is 3.73. The van der Waals surface area contributed by atoms with E-state index in [1.807, 2.05) is 11.6 Å². The van der Waals surface area contributed by atoms with E-state index in [0.717, 1.165) is 11.4 Å². The molecule has 0 radical (unpaired) electrons. The lowest BCUT2D eigenvalue weighted by Gasteiger charge is -2.05. The van der Waals surface area contributed by atoms with Crippen molar-refractivity contribution in [3.8, 4) is 11.4 Å². The van der Waals surface area contributed by atoms with Gasteiger partial charge in [0.25, 0.3) is 0 Å². The monoisotopic (exact) mass is 219 g/mol. The number of rotatable bonds is 1. The first-order chi connectivity index (χ1) is 7.09. The van der Waals surface area contributed by atoms with Crippen LogP contribution in [0.4, 0.5) is 0 Å². The molecule has 0 saturated heterocycles. The van der Waals surface area contributed by atoms with E-state index in [9.17, 15) is 0 Å². The molecule has 0 aliphatic heterocycles.